The lowest BCUT2D eigenvalue weighted by Crippen LogP contribution is -2.44. The number of carbonyl (C=O) groups excluding carboxylic acids is 1. The maximum atomic E-state index is 14.1. The first kappa shape index (κ1) is 22.7. The Hall–Kier alpha value is -1.38. The molecule has 5 nitrogen and oxygen atoms in total. The molecule has 146 valence electrons. The van der Waals surface area contributed by atoms with Crippen molar-refractivity contribution in [2.45, 2.75) is 51.5 Å². The van der Waals surface area contributed by atoms with Crippen LogP contribution in [0.2, 0.25) is 0 Å². The second-order valence-electron chi connectivity index (χ2n) is 7.61. The third kappa shape index (κ3) is 6.74. The van der Waals surface area contributed by atoms with Gasteiger partial charge in [0.15, 0.2) is 5.96 Å². The van der Waals surface area contributed by atoms with Crippen LogP contribution in [-0.4, -0.2) is 37.0 Å². The second-order valence-corrected chi connectivity index (χ2v) is 7.61. The number of guanidine groups is 1. The SMILES string of the molecule is CCNC(=NCC(=O)NC(C)(C)C)NCC1(c2ccccc2F)CC1.I. The maximum absolute atomic E-state index is 14.1. The van der Waals surface area contributed by atoms with Crippen LogP contribution in [-0.2, 0) is 10.2 Å². The minimum Gasteiger partial charge on any atom is -0.357 e. The molecule has 0 heterocycles. The third-order valence-corrected chi connectivity index (χ3v) is 4.13. The molecule has 7 heteroatoms. The Morgan fingerprint density at radius 2 is 1.88 bits per heavy atom. The van der Waals surface area contributed by atoms with Gasteiger partial charge in [0.05, 0.1) is 0 Å². The van der Waals surface area contributed by atoms with Crippen LogP contribution in [0.3, 0.4) is 0 Å². The summed E-state index contributed by atoms with van der Waals surface area (Å²) in [5.41, 5.74) is 0.306. The molecule has 1 saturated carbocycles. The number of nitrogens with zero attached hydrogens (tertiary/aromatic N) is 1. The van der Waals surface area contributed by atoms with Gasteiger partial charge in [-0.05, 0) is 52.2 Å². The Balaban J connectivity index is 0.00000338. The Morgan fingerprint density at radius 1 is 1.23 bits per heavy atom. The summed E-state index contributed by atoms with van der Waals surface area (Å²) >= 11 is 0. The van der Waals surface area contributed by atoms with E-state index in [0.29, 0.717) is 19.0 Å². The van der Waals surface area contributed by atoms with E-state index in [4.69, 9.17) is 0 Å². The number of carbonyl (C=O) groups is 1. The molecule has 1 aromatic carbocycles. The van der Waals surface area contributed by atoms with Gasteiger partial charge in [-0.25, -0.2) is 9.38 Å². The Labute approximate surface area is 172 Å². The van der Waals surface area contributed by atoms with Crippen molar-refractivity contribution >= 4 is 35.8 Å². The van der Waals surface area contributed by atoms with E-state index >= 15 is 0 Å². The molecule has 0 unspecified atom stereocenters. The number of halogens is 2. The summed E-state index contributed by atoms with van der Waals surface area (Å²) in [6.45, 7) is 9.12. The molecule has 1 fully saturated rings. The largest absolute Gasteiger partial charge is 0.357 e. The minimum atomic E-state index is -0.277. The number of amides is 1. The number of aliphatic imine (C=N–C) groups is 1. The van der Waals surface area contributed by atoms with Gasteiger partial charge in [-0.1, -0.05) is 18.2 Å². The van der Waals surface area contributed by atoms with E-state index in [1.54, 1.807) is 6.07 Å². The van der Waals surface area contributed by atoms with Crippen LogP contribution in [0.5, 0.6) is 0 Å². The molecule has 1 aromatic rings. The summed E-state index contributed by atoms with van der Waals surface area (Å²) in [4.78, 5) is 16.3. The second kappa shape index (κ2) is 9.53. The van der Waals surface area contributed by atoms with Crippen LogP contribution < -0.4 is 16.0 Å². The molecule has 1 aliphatic carbocycles. The molecular weight excluding hydrogens is 446 g/mol. The van der Waals surface area contributed by atoms with Crippen LogP contribution in [0.1, 0.15) is 46.1 Å². The third-order valence-electron chi connectivity index (χ3n) is 4.13. The quantitative estimate of drug-likeness (QED) is 0.336. The summed E-state index contributed by atoms with van der Waals surface area (Å²) < 4.78 is 14.1. The first-order chi connectivity index (χ1) is 11.8. The molecule has 2 rings (SSSR count). The highest BCUT2D eigenvalue weighted by molar-refractivity contribution is 14.0. The van der Waals surface area contributed by atoms with Gasteiger partial charge in [-0.2, -0.15) is 0 Å². The summed E-state index contributed by atoms with van der Waals surface area (Å²) in [6, 6.07) is 6.94. The summed E-state index contributed by atoms with van der Waals surface area (Å²) in [5, 5.41) is 9.28. The van der Waals surface area contributed by atoms with Gasteiger partial charge in [-0.15, -0.1) is 24.0 Å². The zero-order valence-corrected chi connectivity index (χ0v) is 18.3. The van der Waals surface area contributed by atoms with Crippen molar-refractivity contribution in [3.8, 4) is 0 Å². The smallest absolute Gasteiger partial charge is 0.242 e. The van der Waals surface area contributed by atoms with Crippen LogP contribution in [0.25, 0.3) is 0 Å². The molecule has 1 aliphatic rings. The van der Waals surface area contributed by atoms with Gasteiger partial charge in [0, 0.05) is 24.0 Å². The van der Waals surface area contributed by atoms with Gasteiger partial charge in [0.2, 0.25) is 5.91 Å². The fraction of sp³-hybridized carbons (Fsp3) is 0.579. The molecule has 3 N–H and O–H groups in total. The van der Waals surface area contributed by atoms with E-state index in [1.807, 2.05) is 39.8 Å². The molecule has 0 aliphatic heterocycles. The van der Waals surface area contributed by atoms with E-state index in [1.165, 1.54) is 6.07 Å². The molecular formula is C19H30FIN4O. The van der Waals surface area contributed by atoms with Gasteiger partial charge < -0.3 is 16.0 Å². The zero-order chi connectivity index (χ0) is 18.5. The summed E-state index contributed by atoms with van der Waals surface area (Å²) in [7, 11) is 0. The highest BCUT2D eigenvalue weighted by Gasteiger charge is 2.45. The van der Waals surface area contributed by atoms with Crippen molar-refractivity contribution < 1.29 is 9.18 Å². The number of hydrogen-bond donors (Lipinski definition) is 3. The first-order valence-electron chi connectivity index (χ1n) is 8.84. The molecule has 0 aromatic heterocycles. The first-order valence-corrected chi connectivity index (χ1v) is 8.84. The predicted molar refractivity (Wildman–Crippen MR) is 115 cm³/mol. The topological polar surface area (TPSA) is 65.5 Å². The standard InChI is InChI=1S/C19H29FN4O.HI/c1-5-21-17(22-12-16(25)24-18(2,3)4)23-13-19(10-11-19)14-8-6-7-9-15(14)20;/h6-9H,5,10-13H2,1-4H3,(H,24,25)(H2,21,22,23);1H. The fourth-order valence-electron chi connectivity index (χ4n) is 2.79. The Morgan fingerprint density at radius 3 is 2.42 bits per heavy atom. The van der Waals surface area contributed by atoms with Crippen molar-refractivity contribution in [2.75, 3.05) is 19.6 Å². The van der Waals surface area contributed by atoms with Gasteiger partial charge in [0.25, 0.3) is 0 Å². The van der Waals surface area contributed by atoms with E-state index in [9.17, 15) is 9.18 Å². The van der Waals surface area contributed by atoms with Crippen molar-refractivity contribution in [3.63, 3.8) is 0 Å². The molecule has 0 radical (unpaired) electrons. The number of rotatable bonds is 6. The van der Waals surface area contributed by atoms with Gasteiger partial charge in [0.1, 0.15) is 12.4 Å². The normalized spacial score (nSPS) is 15.7. The number of hydrogen-bond acceptors (Lipinski definition) is 2. The van der Waals surface area contributed by atoms with Gasteiger partial charge >= 0.3 is 0 Å². The molecule has 0 bridgehead atoms. The van der Waals surface area contributed by atoms with Crippen LogP contribution in [0.15, 0.2) is 29.3 Å². The fourth-order valence-corrected chi connectivity index (χ4v) is 2.79. The summed E-state index contributed by atoms with van der Waals surface area (Å²) in [5.74, 6) is 0.294. The maximum Gasteiger partial charge on any atom is 0.242 e. The van der Waals surface area contributed by atoms with Crippen molar-refractivity contribution in [2.24, 2.45) is 4.99 Å². The average Bonchev–Trinajstić information content (AvgIpc) is 3.30. The monoisotopic (exact) mass is 476 g/mol. The Kier molecular flexibility index (Phi) is 8.30. The minimum absolute atomic E-state index is 0. The van der Waals surface area contributed by atoms with Gasteiger partial charge in [-0.3, -0.25) is 4.79 Å². The molecule has 1 amide bonds. The lowest BCUT2D eigenvalue weighted by atomic mass is 9.95. The average molecular weight is 476 g/mol. The zero-order valence-electron chi connectivity index (χ0n) is 16.0. The van der Waals surface area contributed by atoms with E-state index in [2.05, 4.69) is 20.9 Å². The molecule has 26 heavy (non-hydrogen) atoms. The lowest BCUT2D eigenvalue weighted by molar-refractivity contribution is -0.121. The highest BCUT2D eigenvalue weighted by atomic mass is 127. The molecule has 0 saturated heterocycles. The van der Waals surface area contributed by atoms with Crippen LogP contribution in [0, 0.1) is 5.82 Å². The highest BCUT2D eigenvalue weighted by Crippen LogP contribution is 2.48. The molecule has 0 atom stereocenters. The van der Waals surface area contributed by atoms with E-state index < -0.39 is 0 Å². The van der Waals surface area contributed by atoms with E-state index in [0.717, 1.165) is 18.4 Å². The van der Waals surface area contributed by atoms with Crippen molar-refractivity contribution in [3.05, 3.63) is 35.6 Å². The summed E-state index contributed by atoms with van der Waals surface area (Å²) in [6.07, 6.45) is 1.90. The predicted octanol–water partition coefficient (Wildman–Crippen LogP) is 2.95. The number of nitrogens with one attached hydrogen (secondary N) is 3. The van der Waals surface area contributed by atoms with E-state index in [-0.39, 0.29) is 53.2 Å². The van der Waals surface area contributed by atoms with Crippen molar-refractivity contribution in [1.82, 2.24) is 16.0 Å². The lowest BCUT2D eigenvalue weighted by Gasteiger charge is -2.21. The van der Waals surface area contributed by atoms with Crippen molar-refractivity contribution in [1.29, 1.82) is 0 Å². The number of benzene rings is 1. The van der Waals surface area contributed by atoms with Crippen LogP contribution >= 0.6 is 24.0 Å². The Bertz CT molecular complexity index is 639. The molecule has 0 spiro atoms. The van der Waals surface area contributed by atoms with Crippen LogP contribution in [0.4, 0.5) is 4.39 Å².